The highest BCUT2D eigenvalue weighted by molar-refractivity contribution is 5.89. The van der Waals surface area contributed by atoms with Crippen LogP contribution in [0.1, 0.15) is 23.1 Å². The topological polar surface area (TPSA) is 59.1 Å². The fourth-order valence-electron chi connectivity index (χ4n) is 3.95. The zero-order valence-corrected chi connectivity index (χ0v) is 19.0. The van der Waals surface area contributed by atoms with E-state index in [2.05, 4.69) is 5.92 Å². The zero-order chi connectivity index (χ0) is 23.1. The lowest BCUT2D eigenvalue weighted by molar-refractivity contribution is -0.135. The first kappa shape index (κ1) is 23.2. The summed E-state index contributed by atoms with van der Waals surface area (Å²) in [6.07, 6.45) is 6.41. The Balaban J connectivity index is 1.61. The second kappa shape index (κ2) is 10.7. The minimum absolute atomic E-state index is 0.000166. The van der Waals surface area contributed by atoms with E-state index in [1.165, 1.54) is 0 Å². The van der Waals surface area contributed by atoms with E-state index >= 15 is 0 Å². The molecule has 1 heterocycles. The molecule has 0 N–H and O–H groups in total. The van der Waals surface area contributed by atoms with Gasteiger partial charge in [-0.15, -0.1) is 6.42 Å². The fourth-order valence-corrected chi connectivity index (χ4v) is 3.95. The molecule has 6 heteroatoms. The van der Waals surface area contributed by atoms with E-state index in [4.69, 9.17) is 15.9 Å². The third kappa shape index (κ3) is 5.61. The highest BCUT2D eigenvalue weighted by Crippen LogP contribution is 2.28. The average Bonchev–Trinajstić information content (AvgIpc) is 3.18. The molecule has 2 amide bonds. The number of amides is 2. The second-order valence-corrected chi connectivity index (χ2v) is 8.06. The summed E-state index contributed by atoms with van der Waals surface area (Å²) in [6.45, 7) is 3.66. The summed E-state index contributed by atoms with van der Waals surface area (Å²) in [5, 5.41) is 0. The van der Waals surface area contributed by atoms with Crippen molar-refractivity contribution in [2.75, 3.05) is 33.9 Å². The van der Waals surface area contributed by atoms with Crippen LogP contribution < -0.4 is 9.47 Å². The summed E-state index contributed by atoms with van der Waals surface area (Å²) >= 11 is 0. The van der Waals surface area contributed by atoms with Gasteiger partial charge in [-0.3, -0.25) is 9.59 Å². The highest BCUT2D eigenvalue weighted by Gasteiger charge is 2.36. The van der Waals surface area contributed by atoms with Crippen molar-refractivity contribution in [1.82, 2.24) is 9.80 Å². The Labute approximate surface area is 190 Å². The number of carbonyl (C=O) groups excluding carboxylic acids is 2. The average molecular weight is 435 g/mol. The van der Waals surface area contributed by atoms with Gasteiger partial charge >= 0.3 is 0 Å². The molecule has 2 aromatic carbocycles. The summed E-state index contributed by atoms with van der Waals surface area (Å²) < 4.78 is 10.6. The summed E-state index contributed by atoms with van der Waals surface area (Å²) in [5.41, 5.74) is 3.22. The van der Waals surface area contributed by atoms with Crippen LogP contribution >= 0.6 is 0 Å². The molecule has 1 unspecified atom stereocenters. The molecule has 0 radical (unpaired) electrons. The van der Waals surface area contributed by atoms with Crippen LogP contribution in [-0.2, 0) is 22.6 Å². The highest BCUT2D eigenvalue weighted by atomic mass is 16.5. The van der Waals surface area contributed by atoms with Gasteiger partial charge in [0.1, 0.15) is 0 Å². The largest absolute Gasteiger partial charge is 0.493 e. The number of terminal acetylenes is 1. The maximum Gasteiger partial charge on any atom is 0.229 e. The molecular formula is C26H30N2O4. The van der Waals surface area contributed by atoms with Crippen LogP contribution in [0.25, 0.3) is 0 Å². The van der Waals surface area contributed by atoms with E-state index in [1.54, 1.807) is 24.0 Å². The van der Waals surface area contributed by atoms with Crippen LogP contribution in [0.5, 0.6) is 11.5 Å². The molecule has 168 valence electrons. The van der Waals surface area contributed by atoms with Gasteiger partial charge in [-0.05, 0) is 36.6 Å². The number of likely N-dealkylation sites (tertiary alicyclic amines) is 1. The Morgan fingerprint density at radius 3 is 2.47 bits per heavy atom. The van der Waals surface area contributed by atoms with E-state index in [9.17, 15) is 9.59 Å². The van der Waals surface area contributed by atoms with Gasteiger partial charge in [0, 0.05) is 26.1 Å². The third-order valence-electron chi connectivity index (χ3n) is 5.77. The smallest absolute Gasteiger partial charge is 0.229 e. The van der Waals surface area contributed by atoms with Gasteiger partial charge in [0.05, 0.1) is 26.7 Å². The van der Waals surface area contributed by atoms with Crippen LogP contribution in [0, 0.1) is 25.2 Å². The minimum atomic E-state index is -0.369. The van der Waals surface area contributed by atoms with E-state index in [0.717, 1.165) is 16.7 Å². The number of benzene rings is 2. The molecule has 0 aliphatic carbocycles. The normalized spacial score (nSPS) is 15.4. The lowest BCUT2D eigenvalue weighted by Crippen LogP contribution is -2.37. The molecule has 0 aromatic heterocycles. The standard InChI is InChI=1S/C26H30N2O4/c1-5-13-28(17-21-8-6-19(2)7-9-21)26(30)22-16-25(29)27(18-22)14-12-20-10-11-23(31-3)24(15-20)32-4/h1,6-11,15,22H,12-14,16-18H2,2-4H3. The second-order valence-electron chi connectivity index (χ2n) is 8.06. The van der Waals surface area contributed by atoms with Crippen LogP contribution in [-0.4, -0.2) is 55.5 Å². The van der Waals surface area contributed by atoms with Crippen molar-refractivity contribution in [3.05, 3.63) is 59.2 Å². The predicted molar refractivity (Wildman–Crippen MR) is 123 cm³/mol. The predicted octanol–water partition coefficient (Wildman–Crippen LogP) is 3.07. The molecule has 6 nitrogen and oxygen atoms in total. The van der Waals surface area contributed by atoms with Gasteiger partial charge in [0.25, 0.3) is 0 Å². The maximum absolute atomic E-state index is 13.1. The Bertz CT molecular complexity index is 994. The van der Waals surface area contributed by atoms with Crippen molar-refractivity contribution in [3.8, 4) is 23.8 Å². The number of ether oxygens (including phenoxy) is 2. The van der Waals surface area contributed by atoms with Crippen molar-refractivity contribution in [3.63, 3.8) is 0 Å². The van der Waals surface area contributed by atoms with E-state index < -0.39 is 0 Å². The first-order chi connectivity index (χ1) is 15.4. The summed E-state index contributed by atoms with van der Waals surface area (Å²) in [5.74, 6) is 3.47. The van der Waals surface area contributed by atoms with Crippen LogP contribution in [0.2, 0.25) is 0 Å². The molecule has 1 aliphatic rings. The summed E-state index contributed by atoms with van der Waals surface area (Å²) in [7, 11) is 3.19. The van der Waals surface area contributed by atoms with Crippen molar-refractivity contribution >= 4 is 11.8 Å². The number of hydrogen-bond acceptors (Lipinski definition) is 4. The van der Waals surface area contributed by atoms with Crippen molar-refractivity contribution in [2.45, 2.75) is 26.3 Å². The molecule has 1 fully saturated rings. The van der Waals surface area contributed by atoms with E-state index in [0.29, 0.717) is 37.6 Å². The molecule has 32 heavy (non-hydrogen) atoms. The molecule has 3 rings (SSSR count). The monoisotopic (exact) mass is 434 g/mol. The summed E-state index contributed by atoms with van der Waals surface area (Å²) in [6, 6.07) is 13.8. The van der Waals surface area contributed by atoms with Crippen molar-refractivity contribution in [2.24, 2.45) is 5.92 Å². The number of hydrogen-bond donors (Lipinski definition) is 0. The van der Waals surface area contributed by atoms with Gasteiger partial charge < -0.3 is 19.3 Å². The van der Waals surface area contributed by atoms with Gasteiger partial charge in [-0.1, -0.05) is 41.8 Å². The Morgan fingerprint density at radius 2 is 1.81 bits per heavy atom. The molecule has 0 spiro atoms. The van der Waals surface area contributed by atoms with Gasteiger partial charge in [-0.25, -0.2) is 0 Å². The first-order valence-corrected chi connectivity index (χ1v) is 10.7. The zero-order valence-electron chi connectivity index (χ0n) is 19.0. The Kier molecular flexibility index (Phi) is 7.77. The van der Waals surface area contributed by atoms with Gasteiger partial charge in [0.2, 0.25) is 11.8 Å². The molecule has 0 saturated carbocycles. The van der Waals surface area contributed by atoms with E-state index in [1.807, 2.05) is 49.4 Å². The SMILES string of the molecule is C#CCN(Cc1ccc(C)cc1)C(=O)C1CC(=O)N(CCc2ccc(OC)c(OC)c2)C1. The first-order valence-electron chi connectivity index (χ1n) is 10.7. The molecule has 2 aromatic rings. The van der Waals surface area contributed by atoms with Gasteiger partial charge in [0.15, 0.2) is 11.5 Å². The Hall–Kier alpha value is -3.46. The van der Waals surface area contributed by atoms with E-state index in [-0.39, 0.29) is 30.7 Å². The fraction of sp³-hybridized carbons (Fsp3) is 0.385. The van der Waals surface area contributed by atoms with Gasteiger partial charge in [-0.2, -0.15) is 0 Å². The third-order valence-corrected chi connectivity index (χ3v) is 5.77. The number of methoxy groups -OCH3 is 2. The maximum atomic E-state index is 13.1. The number of carbonyl (C=O) groups is 2. The lowest BCUT2D eigenvalue weighted by Gasteiger charge is -2.24. The Morgan fingerprint density at radius 1 is 1.12 bits per heavy atom. The molecular weight excluding hydrogens is 404 g/mol. The number of nitrogens with zero attached hydrogens (tertiary/aromatic N) is 2. The molecule has 0 bridgehead atoms. The number of aryl methyl sites for hydroxylation is 1. The lowest BCUT2D eigenvalue weighted by atomic mass is 10.1. The summed E-state index contributed by atoms with van der Waals surface area (Å²) in [4.78, 5) is 29.2. The van der Waals surface area contributed by atoms with Crippen LogP contribution in [0.4, 0.5) is 0 Å². The quantitative estimate of drug-likeness (QED) is 0.569. The van der Waals surface area contributed by atoms with Crippen LogP contribution in [0.3, 0.4) is 0 Å². The minimum Gasteiger partial charge on any atom is -0.493 e. The van der Waals surface area contributed by atoms with Crippen molar-refractivity contribution < 1.29 is 19.1 Å². The van der Waals surface area contributed by atoms with Crippen molar-refractivity contribution in [1.29, 1.82) is 0 Å². The molecule has 1 saturated heterocycles. The van der Waals surface area contributed by atoms with Crippen LogP contribution in [0.15, 0.2) is 42.5 Å². The number of rotatable bonds is 9. The molecule has 1 aliphatic heterocycles. The molecule has 1 atom stereocenters.